The van der Waals surface area contributed by atoms with Gasteiger partial charge in [-0.05, 0) is 37.8 Å². The normalized spacial score (nSPS) is 11.2. The first-order valence-corrected chi connectivity index (χ1v) is 8.16. The van der Waals surface area contributed by atoms with Gasteiger partial charge in [-0.15, -0.1) is 13.2 Å². The van der Waals surface area contributed by atoms with Crippen molar-refractivity contribution in [3.05, 3.63) is 72.9 Å². The highest BCUT2D eigenvalue weighted by atomic mass is 16.1. The Balaban J connectivity index is 0. The summed E-state index contributed by atoms with van der Waals surface area (Å²) in [5, 5.41) is 3.09. The van der Waals surface area contributed by atoms with Gasteiger partial charge in [-0.25, -0.2) is 0 Å². The third-order valence-corrected chi connectivity index (χ3v) is 4.32. The van der Waals surface area contributed by atoms with Gasteiger partial charge < -0.3 is 5.32 Å². The van der Waals surface area contributed by atoms with Gasteiger partial charge in [0.2, 0.25) is 0 Å². The summed E-state index contributed by atoms with van der Waals surface area (Å²) in [6.07, 6.45) is 3.80. The highest BCUT2D eigenvalue weighted by Gasteiger charge is 2.29. The molecule has 2 heteroatoms. The number of benzene rings is 1. The second-order valence-electron chi connectivity index (χ2n) is 5.52. The molecule has 1 rings (SSSR count). The van der Waals surface area contributed by atoms with Gasteiger partial charge in [0.15, 0.2) is 0 Å². The third kappa shape index (κ3) is 5.55. The van der Waals surface area contributed by atoms with Gasteiger partial charge in [0.05, 0.1) is 0 Å². The van der Waals surface area contributed by atoms with E-state index in [0.29, 0.717) is 12.1 Å². The average Bonchev–Trinajstić information content (AvgIpc) is 2.59. The summed E-state index contributed by atoms with van der Waals surface area (Å²) in [4.78, 5) is 12.3. The molecule has 23 heavy (non-hydrogen) atoms. The van der Waals surface area contributed by atoms with Crippen LogP contribution in [0, 0.1) is 0 Å². The number of hydrogen-bond donors (Lipinski definition) is 1. The summed E-state index contributed by atoms with van der Waals surface area (Å²) in [6.45, 7) is 18.6. The van der Waals surface area contributed by atoms with E-state index in [0.717, 1.165) is 18.4 Å². The first-order chi connectivity index (χ1) is 11.0. The molecule has 0 spiro atoms. The number of nitrogens with one attached hydrogen (secondary N) is 1. The number of allylic oxidation sites excluding steroid dienone is 1. The predicted octanol–water partition coefficient (Wildman–Crippen LogP) is 5.43. The third-order valence-electron chi connectivity index (χ3n) is 4.32. The van der Waals surface area contributed by atoms with Crippen molar-refractivity contribution < 1.29 is 6.22 Å². The van der Waals surface area contributed by atoms with E-state index in [-0.39, 0.29) is 12.7 Å². The molecule has 1 aromatic carbocycles. The second-order valence-corrected chi connectivity index (χ2v) is 5.52. The van der Waals surface area contributed by atoms with Crippen molar-refractivity contribution in [1.82, 2.24) is 5.32 Å². The van der Waals surface area contributed by atoms with E-state index in [4.69, 9.17) is 0 Å². The molecule has 0 bridgehead atoms. The monoisotopic (exact) mass is 315 g/mol. The molecule has 0 saturated heterocycles. The Morgan fingerprint density at radius 1 is 1.22 bits per heavy atom. The highest BCUT2D eigenvalue weighted by molar-refractivity contribution is 5.97. The van der Waals surface area contributed by atoms with Crippen LogP contribution in [0.15, 0.2) is 67.3 Å². The van der Waals surface area contributed by atoms with E-state index in [1.807, 2.05) is 26.0 Å². The molecular weight excluding hydrogens is 282 g/mol. The zero-order chi connectivity index (χ0) is 17.9. The molecule has 0 fully saturated rings. The molecule has 0 atom stereocenters. The van der Waals surface area contributed by atoms with Crippen molar-refractivity contribution >= 4 is 5.91 Å². The molecule has 0 aliphatic rings. The maximum absolute atomic E-state index is 12.3. The minimum Gasteiger partial charge on any atom is -0.351 e. The molecule has 0 radical (unpaired) electrons. The lowest BCUT2D eigenvalue weighted by Crippen LogP contribution is -2.40. The van der Waals surface area contributed by atoms with Crippen LogP contribution in [-0.2, 0) is 10.2 Å². The molecule has 0 unspecified atom stereocenters. The van der Waals surface area contributed by atoms with Crippen molar-refractivity contribution in [3.63, 3.8) is 0 Å². The van der Waals surface area contributed by atoms with E-state index in [1.54, 1.807) is 0 Å². The molecule has 2 nitrogen and oxygen atoms in total. The minimum atomic E-state index is -0.0350. The Hall–Kier alpha value is -2.09. The topological polar surface area (TPSA) is 29.1 Å². The molecule has 1 N–H and O–H groups in total. The van der Waals surface area contributed by atoms with Crippen LogP contribution >= 0.6 is 0 Å². The number of carbonyl (C=O) groups is 1. The fraction of sp³-hybridized carbons (Fsp3) is 0.381. The summed E-state index contributed by atoms with van der Waals surface area (Å²) in [5.41, 5.74) is 2.75. The number of amides is 1. The maximum Gasteiger partial charge on any atom is 0.251 e. The fourth-order valence-corrected chi connectivity index (χ4v) is 2.72. The summed E-state index contributed by atoms with van der Waals surface area (Å²) in [5.74, 6) is -0.0350. The molecule has 0 aliphatic heterocycles. The fourth-order valence-electron chi connectivity index (χ4n) is 2.72. The van der Waals surface area contributed by atoms with Crippen molar-refractivity contribution in [2.45, 2.75) is 46.0 Å². The Morgan fingerprint density at radius 3 is 2.13 bits per heavy atom. The maximum atomic E-state index is 12.3. The molecular formula is C21H33NO. The van der Waals surface area contributed by atoms with Gasteiger partial charge in [0, 0.05) is 19.0 Å². The van der Waals surface area contributed by atoms with Crippen LogP contribution in [0.4, 0.5) is 0 Å². The van der Waals surface area contributed by atoms with Crippen LogP contribution < -0.4 is 5.32 Å². The quantitative estimate of drug-likeness (QED) is 0.405. The van der Waals surface area contributed by atoms with Gasteiger partial charge in [-0.2, -0.15) is 0 Å². The van der Waals surface area contributed by atoms with Gasteiger partial charge >= 0.3 is 0 Å². The standard InChI is InChI=1S/C19H27NO.C2H4.H2/c1-6-17(15(4)5)18(21)20-14-19(7-2,8-3)16-12-10-9-11-13-16;1-2;/h6,9-13H,4,7-8,14H2,1-3,5H3,(H,20,21);1-2H2;1H/b17-6+;;. The van der Waals surface area contributed by atoms with E-state index in [1.165, 1.54) is 5.56 Å². The number of carbonyl (C=O) groups excluding carboxylic acids is 1. The van der Waals surface area contributed by atoms with E-state index in [9.17, 15) is 4.79 Å². The predicted molar refractivity (Wildman–Crippen MR) is 104 cm³/mol. The molecule has 128 valence electrons. The van der Waals surface area contributed by atoms with Crippen LogP contribution in [0.25, 0.3) is 0 Å². The lowest BCUT2D eigenvalue weighted by Gasteiger charge is -2.33. The van der Waals surface area contributed by atoms with E-state index < -0.39 is 0 Å². The lowest BCUT2D eigenvalue weighted by molar-refractivity contribution is -0.117. The lowest BCUT2D eigenvalue weighted by atomic mass is 9.75. The molecule has 0 aliphatic carbocycles. The number of rotatable bonds is 7. The zero-order valence-electron chi connectivity index (χ0n) is 15.1. The summed E-state index contributed by atoms with van der Waals surface area (Å²) < 4.78 is 0. The summed E-state index contributed by atoms with van der Waals surface area (Å²) in [6, 6.07) is 10.4. The molecule has 1 amide bonds. The Bertz CT molecular complexity index is 530. The Labute approximate surface area is 143 Å². The second kappa shape index (κ2) is 10.6. The summed E-state index contributed by atoms with van der Waals surface area (Å²) in [7, 11) is 0. The molecule has 1 aromatic rings. The van der Waals surface area contributed by atoms with Crippen LogP contribution in [-0.4, -0.2) is 12.5 Å². The minimum absolute atomic E-state index is 0. The highest BCUT2D eigenvalue weighted by Crippen LogP contribution is 2.31. The number of hydrogen-bond acceptors (Lipinski definition) is 1. The van der Waals surface area contributed by atoms with Crippen LogP contribution in [0.1, 0.15) is 47.5 Å². The van der Waals surface area contributed by atoms with Gasteiger partial charge in [0.1, 0.15) is 0 Å². The van der Waals surface area contributed by atoms with Crippen molar-refractivity contribution in [2.75, 3.05) is 6.54 Å². The zero-order valence-corrected chi connectivity index (χ0v) is 15.1. The molecule has 0 aromatic heterocycles. The van der Waals surface area contributed by atoms with Gasteiger partial charge in [0.25, 0.3) is 5.91 Å². The average molecular weight is 316 g/mol. The molecule has 0 saturated carbocycles. The SMILES string of the molecule is C=C.C=C(C)/C(=C\C)C(=O)NCC(CC)(CC)c1ccccc1.[HH]. The van der Waals surface area contributed by atoms with Crippen molar-refractivity contribution in [1.29, 1.82) is 0 Å². The Kier molecular flexibility index (Phi) is 9.64. The Morgan fingerprint density at radius 2 is 1.74 bits per heavy atom. The van der Waals surface area contributed by atoms with E-state index >= 15 is 0 Å². The van der Waals surface area contributed by atoms with Crippen molar-refractivity contribution in [2.24, 2.45) is 0 Å². The van der Waals surface area contributed by atoms with Crippen molar-refractivity contribution in [3.8, 4) is 0 Å². The summed E-state index contributed by atoms with van der Waals surface area (Å²) >= 11 is 0. The van der Waals surface area contributed by atoms with Crippen LogP contribution in [0.3, 0.4) is 0 Å². The van der Waals surface area contributed by atoms with Gasteiger partial charge in [-0.1, -0.05) is 56.8 Å². The largest absolute Gasteiger partial charge is 0.351 e. The first kappa shape index (κ1) is 20.9. The van der Waals surface area contributed by atoms with Crippen LogP contribution in [0.5, 0.6) is 0 Å². The van der Waals surface area contributed by atoms with Gasteiger partial charge in [-0.3, -0.25) is 4.79 Å². The molecule has 0 heterocycles. The first-order valence-electron chi connectivity index (χ1n) is 8.16. The van der Waals surface area contributed by atoms with E-state index in [2.05, 4.69) is 63.2 Å². The van der Waals surface area contributed by atoms with Crippen LogP contribution in [0.2, 0.25) is 0 Å². The smallest absolute Gasteiger partial charge is 0.251 e.